The molecular weight excluding hydrogens is 791 g/mol. The predicted molar refractivity (Wildman–Crippen MR) is 272 cm³/mol. The average molecular weight is 832 g/mol. The Kier molecular flexibility index (Phi) is 7.42. The molecular formula is C61H41N3O. The maximum atomic E-state index is 6.66. The molecule has 0 atom stereocenters. The Morgan fingerprint density at radius 3 is 1.72 bits per heavy atom. The van der Waals surface area contributed by atoms with Crippen molar-refractivity contribution in [3.8, 4) is 28.2 Å². The van der Waals surface area contributed by atoms with E-state index in [2.05, 4.69) is 240 Å². The van der Waals surface area contributed by atoms with Crippen LogP contribution in [0.5, 0.6) is 0 Å². The molecule has 0 amide bonds. The maximum Gasteiger partial charge on any atom is 0.135 e. The fourth-order valence-electron chi connectivity index (χ4n) is 11.2. The van der Waals surface area contributed by atoms with Crippen LogP contribution in [0.2, 0.25) is 0 Å². The first-order valence-corrected chi connectivity index (χ1v) is 22.5. The second-order valence-corrected chi connectivity index (χ2v) is 18.2. The Morgan fingerprint density at radius 1 is 0.354 bits per heavy atom. The minimum Gasteiger partial charge on any atom is -0.456 e. The predicted octanol–water partition coefficient (Wildman–Crippen LogP) is 16.3. The van der Waals surface area contributed by atoms with Crippen molar-refractivity contribution in [1.82, 2.24) is 13.7 Å². The number of benzene rings is 10. The van der Waals surface area contributed by atoms with Gasteiger partial charge < -0.3 is 18.1 Å². The molecule has 0 saturated heterocycles. The molecule has 0 unspecified atom stereocenters. The van der Waals surface area contributed by atoms with Gasteiger partial charge in [-0.3, -0.25) is 0 Å². The van der Waals surface area contributed by atoms with Gasteiger partial charge in [0.15, 0.2) is 0 Å². The maximum absolute atomic E-state index is 6.66. The summed E-state index contributed by atoms with van der Waals surface area (Å²) in [5.74, 6) is 0. The minimum absolute atomic E-state index is 0.131. The molecule has 1 aliphatic carbocycles. The molecule has 1 aliphatic rings. The van der Waals surface area contributed by atoms with Crippen LogP contribution in [0.25, 0.3) is 116 Å². The van der Waals surface area contributed by atoms with Gasteiger partial charge in [-0.15, -0.1) is 0 Å². The highest BCUT2D eigenvalue weighted by atomic mass is 16.3. The van der Waals surface area contributed by atoms with Crippen molar-refractivity contribution in [1.29, 1.82) is 0 Å². The van der Waals surface area contributed by atoms with Crippen molar-refractivity contribution in [3.05, 3.63) is 223 Å². The number of aromatic nitrogens is 3. The highest BCUT2D eigenvalue weighted by Gasteiger charge is 2.35. The summed E-state index contributed by atoms with van der Waals surface area (Å²) in [5.41, 5.74) is 16.9. The summed E-state index contributed by atoms with van der Waals surface area (Å²) < 4.78 is 14.0. The van der Waals surface area contributed by atoms with Crippen molar-refractivity contribution in [2.24, 2.45) is 0 Å². The lowest BCUT2D eigenvalue weighted by Crippen LogP contribution is -2.15. The average Bonchev–Trinajstić information content (AvgIpc) is 3.97. The van der Waals surface area contributed by atoms with Gasteiger partial charge in [0.05, 0.1) is 22.4 Å². The van der Waals surface area contributed by atoms with Crippen LogP contribution in [0.3, 0.4) is 0 Å². The first-order chi connectivity index (χ1) is 32.0. The molecule has 0 saturated carbocycles. The Morgan fingerprint density at radius 2 is 0.923 bits per heavy atom. The number of hydrogen-bond donors (Lipinski definition) is 0. The third-order valence-electron chi connectivity index (χ3n) is 14.2. The number of hydrogen-bond acceptors (Lipinski definition) is 1. The van der Waals surface area contributed by atoms with E-state index in [1.54, 1.807) is 0 Å². The smallest absolute Gasteiger partial charge is 0.135 e. The Hall–Kier alpha value is -8.34. The number of furan rings is 1. The molecule has 306 valence electrons. The Bertz CT molecular complexity index is 4220. The summed E-state index contributed by atoms with van der Waals surface area (Å²) in [5, 5.41) is 9.26. The monoisotopic (exact) mass is 831 g/mol. The lowest BCUT2D eigenvalue weighted by molar-refractivity contribution is 0.660. The molecule has 13 aromatic rings. The van der Waals surface area contributed by atoms with Crippen molar-refractivity contribution >= 4 is 87.4 Å². The van der Waals surface area contributed by atoms with Gasteiger partial charge in [0, 0.05) is 60.1 Å². The van der Waals surface area contributed by atoms with E-state index < -0.39 is 0 Å². The van der Waals surface area contributed by atoms with Crippen LogP contribution in [0.4, 0.5) is 0 Å². The van der Waals surface area contributed by atoms with Crippen LogP contribution in [-0.4, -0.2) is 13.7 Å². The second kappa shape index (κ2) is 13.3. The molecule has 10 aromatic carbocycles. The third kappa shape index (κ3) is 5.19. The summed E-state index contributed by atoms with van der Waals surface area (Å²) in [6, 6.07) is 78.2. The van der Waals surface area contributed by atoms with Gasteiger partial charge >= 0.3 is 0 Å². The van der Waals surface area contributed by atoms with E-state index in [0.29, 0.717) is 0 Å². The molecule has 3 aromatic heterocycles. The van der Waals surface area contributed by atoms with Crippen LogP contribution in [0, 0.1) is 0 Å². The van der Waals surface area contributed by atoms with E-state index in [1.807, 2.05) is 0 Å². The van der Waals surface area contributed by atoms with Crippen molar-refractivity contribution in [2.75, 3.05) is 0 Å². The highest BCUT2D eigenvalue weighted by molar-refractivity contribution is 6.14. The molecule has 0 spiro atoms. The van der Waals surface area contributed by atoms with Crippen molar-refractivity contribution in [3.63, 3.8) is 0 Å². The number of fused-ring (bicyclic) bond motifs is 14. The summed E-state index contributed by atoms with van der Waals surface area (Å²) in [4.78, 5) is 0. The molecule has 8 bridgehead atoms. The van der Waals surface area contributed by atoms with Gasteiger partial charge in [-0.25, -0.2) is 0 Å². The zero-order valence-electron chi connectivity index (χ0n) is 36.0. The first-order valence-electron chi connectivity index (χ1n) is 22.5. The van der Waals surface area contributed by atoms with Gasteiger partial charge in [0.25, 0.3) is 0 Å². The van der Waals surface area contributed by atoms with E-state index in [0.717, 1.165) is 77.4 Å². The number of nitrogens with zero attached hydrogens (tertiary/aromatic N) is 3. The summed E-state index contributed by atoms with van der Waals surface area (Å²) in [6.07, 6.45) is 0. The van der Waals surface area contributed by atoms with Gasteiger partial charge in [-0.1, -0.05) is 135 Å². The largest absolute Gasteiger partial charge is 0.456 e. The molecule has 14 rings (SSSR count). The van der Waals surface area contributed by atoms with E-state index in [-0.39, 0.29) is 5.41 Å². The third-order valence-corrected chi connectivity index (χ3v) is 14.2. The van der Waals surface area contributed by atoms with Crippen molar-refractivity contribution in [2.45, 2.75) is 19.3 Å². The Labute approximate surface area is 374 Å². The standard InChI is InChI=1S/C61H41N3O/c1-61(2)53-23-7-5-20-47(53)48-30-27-45(37-54(48)61)62-41-17-9-15-39(33-41)40-16-10-18-42(34-40)63(44-29-32-59-52(36-44)51-35-43(62)28-31-58(51)65-59)57-26-12-22-50-49-21-6-8-24-56(49)64(60(50)57)55-25-11-14-38-13-3-4-19-46(38)55/h3-37H,1-2H3. The fraction of sp³-hybridized carbons (Fsp3) is 0.0492. The number of rotatable bonds is 3. The fourth-order valence-corrected chi connectivity index (χ4v) is 11.2. The summed E-state index contributed by atoms with van der Waals surface area (Å²) >= 11 is 0. The summed E-state index contributed by atoms with van der Waals surface area (Å²) in [6.45, 7) is 4.71. The normalized spacial score (nSPS) is 13.2. The van der Waals surface area contributed by atoms with Crippen LogP contribution in [-0.2, 0) is 5.41 Å². The van der Waals surface area contributed by atoms with Crippen LogP contribution in [0.1, 0.15) is 25.0 Å². The molecule has 0 fully saturated rings. The van der Waals surface area contributed by atoms with E-state index in [1.165, 1.54) is 49.3 Å². The van der Waals surface area contributed by atoms with Crippen molar-refractivity contribution < 1.29 is 4.42 Å². The quantitative estimate of drug-likeness (QED) is 0.174. The summed E-state index contributed by atoms with van der Waals surface area (Å²) in [7, 11) is 0. The van der Waals surface area contributed by atoms with E-state index >= 15 is 0 Å². The van der Waals surface area contributed by atoms with E-state index in [9.17, 15) is 0 Å². The SMILES string of the molecule is CC1(C)c2ccccc2-c2ccc(-n3c4cccc(c4)c4cccc(c4)n(-c4cccc5c6ccccc6n(-c6cccc7ccccc67)c45)c4ccc5oc6ccc3cc6c5c4)cc21. The topological polar surface area (TPSA) is 27.9 Å². The molecule has 0 N–H and O–H groups in total. The molecule has 65 heavy (non-hydrogen) atoms. The zero-order chi connectivity index (χ0) is 43.0. The van der Waals surface area contributed by atoms with Crippen LogP contribution < -0.4 is 0 Å². The highest BCUT2D eigenvalue weighted by Crippen LogP contribution is 2.49. The van der Waals surface area contributed by atoms with Gasteiger partial charge in [-0.2, -0.15) is 0 Å². The van der Waals surface area contributed by atoms with E-state index in [4.69, 9.17) is 4.42 Å². The van der Waals surface area contributed by atoms with Gasteiger partial charge in [0.2, 0.25) is 0 Å². The molecule has 4 nitrogen and oxygen atoms in total. The number of para-hydroxylation sites is 2. The molecule has 3 heterocycles. The van der Waals surface area contributed by atoms with Crippen LogP contribution >= 0.6 is 0 Å². The Balaban J connectivity index is 1.11. The van der Waals surface area contributed by atoms with Gasteiger partial charge in [0.1, 0.15) is 11.2 Å². The zero-order valence-corrected chi connectivity index (χ0v) is 36.0. The lowest BCUT2D eigenvalue weighted by atomic mass is 9.82. The molecule has 0 aliphatic heterocycles. The molecule has 0 radical (unpaired) electrons. The second-order valence-electron chi connectivity index (χ2n) is 18.2. The first kappa shape index (κ1) is 36.2. The van der Waals surface area contributed by atoms with Crippen LogP contribution in [0.15, 0.2) is 217 Å². The molecule has 4 heteroatoms. The van der Waals surface area contributed by atoms with Gasteiger partial charge in [-0.05, 0) is 129 Å². The minimum atomic E-state index is -0.131. The lowest BCUT2D eigenvalue weighted by Gasteiger charge is -2.22.